The molecule has 0 amide bonds. The predicted molar refractivity (Wildman–Crippen MR) is 88.0 cm³/mol. The Morgan fingerprint density at radius 3 is 2.70 bits per heavy atom. The van der Waals surface area contributed by atoms with Gasteiger partial charge in [0.2, 0.25) is 0 Å². The summed E-state index contributed by atoms with van der Waals surface area (Å²) < 4.78 is 23.9. The maximum absolute atomic E-state index is 12.9. The van der Waals surface area contributed by atoms with E-state index < -0.39 is 0 Å². The van der Waals surface area contributed by atoms with Crippen molar-refractivity contribution in [1.82, 2.24) is 4.90 Å². The van der Waals surface area contributed by atoms with E-state index in [1.807, 2.05) is 6.07 Å². The summed E-state index contributed by atoms with van der Waals surface area (Å²) in [6, 6.07) is 12.7. The Morgan fingerprint density at radius 2 is 1.91 bits per heavy atom. The molecule has 3 nitrogen and oxygen atoms in total. The van der Waals surface area contributed by atoms with Crippen molar-refractivity contribution in [3.63, 3.8) is 0 Å². The van der Waals surface area contributed by atoms with Gasteiger partial charge in [0.25, 0.3) is 0 Å². The fourth-order valence-electron chi connectivity index (χ4n) is 2.84. The summed E-state index contributed by atoms with van der Waals surface area (Å²) in [6.45, 7) is 4.22. The van der Waals surface area contributed by atoms with E-state index in [4.69, 9.17) is 9.47 Å². The SMILES string of the molecule is COCCN1CCc2cc(OCc3ccc(F)cc3)ccc2C1. The fraction of sp³-hybridized carbons (Fsp3) is 0.368. The Morgan fingerprint density at radius 1 is 1.09 bits per heavy atom. The number of fused-ring (bicyclic) bond motifs is 1. The fourth-order valence-corrected chi connectivity index (χ4v) is 2.84. The van der Waals surface area contributed by atoms with E-state index in [2.05, 4.69) is 17.0 Å². The van der Waals surface area contributed by atoms with Crippen LogP contribution in [0.4, 0.5) is 4.39 Å². The molecule has 0 aromatic heterocycles. The normalized spacial score (nSPS) is 14.5. The minimum absolute atomic E-state index is 0.222. The second-order valence-electron chi connectivity index (χ2n) is 5.86. The lowest BCUT2D eigenvalue weighted by molar-refractivity contribution is 0.140. The molecular formula is C19H22FNO2. The molecule has 0 unspecified atom stereocenters. The molecule has 23 heavy (non-hydrogen) atoms. The van der Waals surface area contributed by atoms with E-state index in [-0.39, 0.29) is 5.82 Å². The summed E-state index contributed by atoms with van der Waals surface area (Å²) >= 11 is 0. The summed E-state index contributed by atoms with van der Waals surface area (Å²) in [5, 5.41) is 0. The van der Waals surface area contributed by atoms with Crippen LogP contribution in [-0.4, -0.2) is 31.7 Å². The number of rotatable bonds is 6. The van der Waals surface area contributed by atoms with Crippen molar-refractivity contribution in [2.24, 2.45) is 0 Å². The molecule has 0 atom stereocenters. The molecule has 0 fully saturated rings. The van der Waals surface area contributed by atoms with Gasteiger partial charge in [-0.3, -0.25) is 4.90 Å². The standard InChI is InChI=1S/C19H22FNO2/c1-22-11-10-21-9-8-16-12-19(7-4-17(16)13-21)23-14-15-2-5-18(20)6-3-15/h2-7,12H,8-11,13-14H2,1H3. The Bertz CT molecular complexity index is 642. The molecule has 3 rings (SSSR count). The van der Waals surface area contributed by atoms with Gasteiger partial charge in [0.05, 0.1) is 6.61 Å². The number of nitrogens with zero attached hydrogens (tertiary/aromatic N) is 1. The Hall–Kier alpha value is -1.91. The molecular weight excluding hydrogens is 293 g/mol. The van der Waals surface area contributed by atoms with Crippen LogP contribution in [0.5, 0.6) is 5.75 Å². The molecule has 2 aromatic rings. The molecule has 0 bridgehead atoms. The van der Waals surface area contributed by atoms with Crippen LogP contribution in [-0.2, 0) is 24.3 Å². The van der Waals surface area contributed by atoms with E-state index in [9.17, 15) is 4.39 Å². The lowest BCUT2D eigenvalue weighted by atomic mass is 9.99. The summed E-state index contributed by atoms with van der Waals surface area (Å²) in [4.78, 5) is 2.41. The first kappa shape index (κ1) is 16.0. The quantitative estimate of drug-likeness (QED) is 0.815. The van der Waals surface area contributed by atoms with Crippen LogP contribution in [0, 0.1) is 5.82 Å². The van der Waals surface area contributed by atoms with E-state index in [0.717, 1.165) is 44.0 Å². The third-order valence-corrected chi connectivity index (χ3v) is 4.20. The predicted octanol–water partition coefficient (Wildman–Crippen LogP) is 3.41. The molecule has 0 spiro atoms. The third-order valence-electron chi connectivity index (χ3n) is 4.20. The summed E-state index contributed by atoms with van der Waals surface area (Å²) in [5.74, 6) is 0.652. The molecule has 0 aliphatic carbocycles. The van der Waals surface area contributed by atoms with Crippen LogP contribution in [0.25, 0.3) is 0 Å². The van der Waals surface area contributed by atoms with Gasteiger partial charge in [0.15, 0.2) is 0 Å². The van der Waals surface area contributed by atoms with Crippen molar-refractivity contribution in [3.8, 4) is 5.75 Å². The van der Waals surface area contributed by atoms with Crippen LogP contribution < -0.4 is 4.74 Å². The second kappa shape index (κ2) is 7.57. The third kappa shape index (κ3) is 4.30. The van der Waals surface area contributed by atoms with E-state index in [1.165, 1.54) is 23.3 Å². The minimum atomic E-state index is -0.222. The van der Waals surface area contributed by atoms with Gasteiger partial charge in [0.1, 0.15) is 18.2 Å². The topological polar surface area (TPSA) is 21.7 Å². The van der Waals surface area contributed by atoms with Crippen molar-refractivity contribution >= 4 is 0 Å². The number of ether oxygens (including phenoxy) is 2. The highest BCUT2D eigenvalue weighted by molar-refractivity contribution is 5.37. The zero-order valence-corrected chi connectivity index (χ0v) is 13.4. The Labute approximate surface area is 136 Å². The average Bonchev–Trinajstić information content (AvgIpc) is 2.59. The zero-order valence-electron chi connectivity index (χ0n) is 13.4. The van der Waals surface area contributed by atoms with Gasteiger partial charge in [-0.1, -0.05) is 18.2 Å². The second-order valence-corrected chi connectivity index (χ2v) is 5.86. The van der Waals surface area contributed by atoms with Crippen LogP contribution >= 0.6 is 0 Å². The highest BCUT2D eigenvalue weighted by atomic mass is 19.1. The number of hydrogen-bond donors (Lipinski definition) is 0. The molecule has 0 saturated heterocycles. The lowest BCUT2D eigenvalue weighted by Gasteiger charge is -2.28. The van der Waals surface area contributed by atoms with Gasteiger partial charge >= 0.3 is 0 Å². The molecule has 4 heteroatoms. The van der Waals surface area contributed by atoms with Gasteiger partial charge in [-0.25, -0.2) is 4.39 Å². The minimum Gasteiger partial charge on any atom is -0.489 e. The largest absolute Gasteiger partial charge is 0.489 e. The van der Waals surface area contributed by atoms with Crippen molar-refractivity contribution < 1.29 is 13.9 Å². The Balaban J connectivity index is 1.59. The summed E-state index contributed by atoms with van der Waals surface area (Å²) in [6.07, 6.45) is 1.03. The van der Waals surface area contributed by atoms with Crippen molar-refractivity contribution in [2.75, 3.05) is 26.8 Å². The number of methoxy groups -OCH3 is 1. The molecule has 0 N–H and O–H groups in total. The summed E-state index contributed by atoms with van der Waals surface area (Å²) in [5.41, 5.74) is 3.69. The van der Waals surface area contributed by atoms with E-state index in [0.29, 0.717) is 6.61 Å². The zero-order chi connectivity index (χ0) is 16.1. The van der Waals surface area contributed by atoms with Gasteiger partial charge in [-0.2, -0.15) is 0 Å². The number of hydrogen-bond acceptors (Lipinski definition) is 3. The monoisotopic (exact) mass is 315 g/mol. The van der Waals surface area contributed by atoms with E-state index >= 15 is 0 Å². The van der Waals surface area contributed by atoms with Crippen LogP contribution in [0.15, 0.2) is 42.5 Å². The molecule has 122 valence electrons. The number of halogens is 1. The van der Waals surface area contributed by atoms with E-state index in [1.54, 1.807) is 19.2 Å². The lowest BCUT2D eigenvalue weighted by Crippen LogP contribution is -2.33. The Kier molecular flexibility index (Phi) is 5.26. The smallest absolute Gasteiger partial charge is 0.123 e. The van der Waals surface area contributed by atoms with Gasteiger partial charge in [0, 0.05) is 26.7 Å². The molecule has 0 saturated carbocycles. The van der Waals surface area contributed by atoms with Crippen LogP contribution in [0.3, 0.4) is 0 Å². The highest BCUT2D eigenvalue weighted by Crippen LogP contribution is 2.24. The first-order chi connectivity index (χ1) is 11.2. The van der Waals surface area contributed by atoms with Gasteiger partial charge < -0.3 is 9.47 Å². The molecule has 1 heterocycles. The molecule has 1 aliphatic heterocycles. The van der Waals surface area contributed by atoms with Gasteiger partial charge in [-0.15, -0.1) is 0 Å². The average molecular weight is 315 g/mol. The highest BCUT2D eigenvalue weighted by Gasteiger charge is 2.16. The van der Waals surface area contributed by atoms with Crippen molar-refractivity contribution in [2.45, 2.75) is 19.6 Å². The van der Waals surface area contributed by atoms with Gasteiger partial charge in [-0.05, 0) is 47.4 Å². The first-order valence-corrected chi connectivity index (χ1v) is 7.95. The molecule has 1 aliphatic rings. The van der Waals surface area contributed by atoms with Crippen LogP contribution in [0.1, 0.15) is 16.7 Å². The van der Waals surface area contributed by atoms with Crippen LogP contribution in [0.2, 0.25) is 0 Å². The maximum Gasteiger partial charge on any atom is 0.123 e. The summed E-state index contributed by atoms with van der Waals surface area (Å²) in [7, 11) is 1.74. The maximum atomic E-state index is 12.9. The molecule has 2 aromatic carbocycles. The van der Waals surface area contributed by atoms with Crippen molar-refractivity contribution in [3.05, 3.63) is 65.0 Å². The first-order valence-electron chi connectivity index (χ1n) is 7.95. The molecule has 0 radical (unpaired) electrons. The van der Waals surface area contributed by atoms with Crippen molar-refractivity contribution in [1.29, 1.82) is 0 Å². The number of benzene rings is 2.